The van der Waals surface area contributed by atoms with E-state index in [1.807, 2.05) is 42.5 Å². The molecule has 0 atom stereocenters. The lowest BCUT2D eigenvalue weighted by Crippen LogP contribution is -2.07. The third kappa shape index (κ3) is 3.13. The van der Waals surface area contributed by atoms with Crippen molar-refractivity contribution in [3.63, 3.8) is 0 Å². The van der Waals surface area contributed by atoms with E-state index in [4.69, 9.17) is 4.74 Å². The number of hydrogen-bond donors (Lipinski definition) is 1. The fourth-order valence-corrected chi connectivity index (χ4v) is 1.95. The molecule has 0 unspecified atom stereocenters. The highest BCUT2D eigenvalue weighted by Crippen LogP contribution is 2.32. The van der Waals surface area contributed by atoms with Gasteiger partial charge in [-0.3, -0.25) is 4.79 Å². The van der Waals surface area contributed by atoms with Crippen molar-refractivity contribution < 1.29 is 14.6 Å². The Morgan fingerprint density at radius 3 is 2.53 bits per heavy atom. The number of rotatable bonds is 4. The van der Waals surface area contributed by atoms with Gasteiger partial charge in [0, 0.05) is 11.1 Å². The topological polar surface area (TPSA) is 46.5 Å². The average molecular weight is 256 g/mol. The van der Waals surface area contributed by atoms with Crippen LogP contribution in [0.2, 0.25) is 0 Å². The Bertz CT molecular complexity index is 561. The van der Waals surface area contributed by atoms with Crippen LogP contribution in [0.25, 0.3) is 11.1 Å². The van der Waals surface area contributed by atoms with Gasteiger partial charge in [-0.25, -0.2) is 0 Å². The molecule has 0 aromatic heterocycles. The van der Waals surface area contributed by atoms with Crippen LogP contribution in [0.15, 0.2) is 48.5 Å². The van der Waals surface area contributed by atoms with Gasteiger partial charge in [0.15, 0.2) is 0 Å². The van der Waals surface area contributed by atoms with Gasteiger partial charge in [-0.05, 0) is 12.5 Å². The van der Waals surface area contributed by atoms with Crippen LogP contribution in [0.5, 0.6) is 5.75 Å². The van der Waals surface area contributed by atoms with E-state index < -0.39 is 0 Å². The zero-order chi connectivity index (χ0) is 13.7. The number of hydrogen-bond acceptors (Lipinski definition) is 3. The van der Waals surface area contributed by atoms with Crippen LogP contribution in [-0.4, -0.2) is 17.7 Å². The summed E-state index contributed by atoms with van der Waals surface area (Å²) in [6, 6.07) is 15.0. The molecule has 19 heavy (non-hydrogen) atoms. The van der Waals surface area contributed by atoms with Gasteiger partial charge in [0.2, 0.25) is 0 Å². The molecule has 0 fully saturated rings. The van der Waals surface area contributed by atoms with Crippen LogP contribution in [0.3, 0.4) is 0 Å². The lowest BCUT2D eigenvalue weighted by Gasteiger charge is -2.09. The molecule has 2 aromatic rings. The highest BCUT2D eigenvalue weighted by atomic mass is 16.5. The molecule has 3 heteroatoms. The zero-order valence-corrected chi connectivity index (χ0v) is 10.8. The normalized spacial score (nSPS) is 10.2. The zero-order valence-electron chi connectivity index (χ0n) is 10.8. The van der Waals surface area contributed by atoms with Crippen LogP contribution in [0, 0.1) is 0 Å². The molecule has 0 aliphatic heterocycles. The highest BCUT2D eigenvalue weighted by Gasteiger charge is 2.12. The van der Waals surface area contributed by atoms with Crippen molar-refractivity contribution >= 4 is 5.97 Å². The van der Waals surface area contributed by atoms with Gasteiger partial charge in [0.25, 0.3) is 0 Å². The third-order valence-electron chi connectivity index (χ3n) is 2.84. The number of phenols is 1. The molecule has 0 saturated heterocycles. The number of aromatic hydroxyl groups is 1. The van der Waals surface area contributed by atoms with E-state index in [-0.39, 0.29) is 18.1 Å². The molecule has 2 rings (SSSR count). The van der Waals surface area contributed by atoms with Crippen LogP contribution >= 0.6 is 0 Å². The van der Waals surface area contributed by atoms with Gasteiger partial charge in [-0.2, -0.15) is 0 Å². The molecule has 98 valence electrons. The number of para-hydroxylation sites is 1. The molecular formula is C16H16O3. The van der Waals surface area contributed by atoms with Gasteiger partial charge < -0.3 is 9.84 Å². The van der Waals surface area contributed by atoms with Crippen LogP contribution in [0.1, 0.15) is 12.5 Å². The van der Waals surface area contributed by atoms with E-state index in [1.54, 1.807) is 13.0 Å². The molecule has 0 heterocycles. The Morgan fingerprint density at radius 1 is 1.11 bits per heavy atom. The van der Waals surface area contributed by atoms with E-state index in [0.717, 1.165) is 11.1 Å². The number of esters is 1. The predicted octanol–water partition coefficient (Wildman–Crippen LogP) is 3.16. The van der Waals surface area contributed by atoms with Gasteiger partial charge in [0.05, 0.1) is 13.0 Å². The first-order chi connectivity index (χ1) is 9.22. The Labute approximate surface area is 112 Å². The lowest BCUT2D eigenvalue weighted by atomic mass is 10.00. The summed E-state index contributed by atoms with van der Waals surface area (Å²) in [6.07, 6.45) is 0.0837. The molecule has 0 bridgehead atoms. The highest BCUT2D eigenvalue weighted by molar-refractivity contribution is 5.77. The molecule has 0 amide bonds. The predicted molar refractivity (Wildman–Crippen MR) is 73.9 cm³/mol. The molecule has 0 saturated carbocycles. The summed E-state index contributed by atoms with van der Waals surface area (Å²) in [5.41, 5.74) is 2.23. The van der Waals surface area contributed by atoms with E-state index in [9.17, 15) is 9.90 Å². The van der Waals surface area contributed by atoms with E-state index in [0.29, 0.717) is 12.2 Å². The summed E-state index contributed by atoms with van der Waals surface area (Å²) in [5.74, 6) is -0.190. The number of carbonyl (C=O) groups is 1. The van der Waals surface area contributed by atoms with Gasteiger partial charge >= 0.3 is 5.97 Å². The molecule has 0 aliphatic carbocycles. The Kier molecular flexibility index (Phi) is 4.18. The number of carbonyl (C=O) groups excluding carboxylic acids is 1. The first-order valence-corrected chi connectivity index (χ1v) is 6.24. The summed E-state index contributed by atoms with van der Waals surface area (Å²) in [4.78, 5) is 11.5. The summed E-state index contributed by atoms with van der Waals surface area (Å²) < 4.78 is 4.90. The maximum Gasteiger partial charge on any atom is 0.310 e. The maximum absolute atomic E-state index is 11.5. The fraction of sp³-hybridized carbons (Fsp3) is 0.188. The lowest BCUT2D eigenvalue weighted by molar-refractivity contribution is -0.142. The van der Waals surface area contributed by atoms with Crippen molar-refractivity contribution in [2.75, 3.05) is 6.61 Å². The standard InChI is InChI=1S/C16H16O3/c1-2-19-15(17)11-13-9-6-10-14(16(13)18)12-7-4-3-5-8-12/h3-10,18H,2,11H2,1H3. The van der Waals surface area contributed by atoms with Crippen molar-refractivity contribution in [3.8, 4) is 16.9 Å². The summed E-state index contributed by atoms with van der Waals surface area (Å²) >= 11 is 0. The van der Waals surface area contributed by atoms with Crippen molar-refractivity contribution in [2.45, 2.75) is 13.3 Å². The number of ether oxygens (including phenoxy) is 1. The molecule has 0 radical (unpaired) electrons. The molecular weight excluding hydrogens is 240 g/mol. The average Bonchev–Trinajstić information content (AvgIpc) is 2.42. The Balaban J connectivity index is 2.31. The Hall–Kier alpha value is -2.29. The molecule has 3 nitrogen and oxygen atoms in total. The van der Waals surface area contributed by atoms with Crippen LogP contribution < -0.4 is 0 Å². The van der Waals surface area contributed by atoms with E-state index >= 15 is 0 Å². The largest absolute Gasteiger partial charge is 0.507 e. The molecule has 2 aromatic carbocycles. The minimum absolute atomic E-state index is 0.0837. The minimum Gasteiger partial charge on any atom is -0.507 e. The Morgan fingerprint density at radius 2 is 1.84 bits per heavy atom. The monoisotopic (exact) mass is 256 g/mol. The summed E-state index contributed by atoms with van der Waals surface area (Å²) in [6.45, 7) is 2.11. The third-order valence-corrected chi connectivity index (χ3v) is 2.84. The van der Waals surface area contributed by atoms with Crippen molar-refractivity contribution in [1.29, 1.82) is 0 Å². The summed E-state index contributed by atoms with van der Waals surface area (Å²) in [5, 5.41) is 10.3. The molecule has 0 spiro atoms. The van der Waals surface area contributed by atoms with Crippen molar-refractivity contribution in [1.82, 2.24) is 0 Å². The number of phenolic OH excluding ortho intramolecular Hbond substituents is 1. The maximum atomic E-state index is 11.5. The van der Waals surface area contributed by atoms with Crippen LogP contribution in [-0.2, 0) is 16.0 Å². The van der Waals surface area contributed by atoms with E-state index in [2.05, 4.69) is 0 Å². The van der Waals surface area contributed by atoms with Gasteiger partial charge in [0.1, 0.15) is 5.75 Å². The van der Waals surface area contributed by atoms with Crippen LogP contribution in [0.4, 0.5) is 0 Å². The van der Waals surface area contributed by atoms with E-state index in [1.165, 1.54) is 0 Å². The smallest absolute Gasteiger partial charge is 0.310 e. The second-order valence-corrected chi connectivity index (χ2v) is 4.16. The first-order valence-electron chi connectivity index (χ1n) is 6.24. The minimum atomic E-state index is -0.331. The first kappa shape index (κ1) is 13.1. The second-order valence-electron chi connectivity index (χ2n) is 4.16. The van der Waals surface area contributed by atoms with Crippen molar-refractivity contribution in [2.24, 2.45) is 0 Å². The number of benzene rings is 2. The summed E-state index contributed by atoms with van der Waals surface area (Å²) in [7, 11) is 0. The van der Waals surface area contributed by atoms with Crippen molar-refractivity contribution in [3.05, 3.63) is 54.1 Å². The fourth-order valence-electron chi connectivity index (χ4n) is 1.95. The quantitative estimate of drug-likeness (QED) is 0.855. The molecule has 0 aliphatic rings. The second kappa shape index (κ2) is 6.05. The SMILES string of the molecule is CCOC(=O)Cc1cccc(-c2ccccc2)c1O. The molecule has 1 N–H and O–H groups in total. The van der Waals surface area contributed by atoms with Gasteiger partial charge in [-0.1, -0.05) is 48.5 Å². The van der Waals surface area contributed by atoms with Gasteiger partial charge in [-0.15, -0.1) is 0 Å².